The second-order valence-electron chi connectivity index (χ2n) is 9.82. The number of anilines is 3. The fourth-order valence-electron chi connectivity index (χ4n) is 5.10. The summed E-state index contributed by atoms with van der Waals surface area (Å²) in [6, 6.07) is 15.8. The number of ketones is 1. The highest BCUT2D eigenvalue weighted by Crippen LogP contribution is 2.37. The van der Waals surface area contributed by atoms with Gasteiger partial charge in [-0.25, -0.2) is 4.98 Å². The molecule has 1 aliphatic heterocycles. The molecule has 2 fully saturated rings. The summed E-state index contributed by atoms with van der Waals surface area (Å²) < 4.78 is 1.76. The van der Waals surface area contributed by atoms with Crippen molar-refractivity contribution >= 4 is 34.0 Å². The third kappa shape index (κ3) is 5.15. The van der Waals surface area contributed by atoms with Crippen LogP contribution in [-0.4, -0.2) is 53.5 Å². The Kier molecular flexibility index (Phi) is 6.68. The third-order valence-corrected chi connectivity index (χ3v) is 7.44. The van der Waals surface area contributed by atoms with E-state index in [9.17, 15) is 9.59 Å². The van der Waals surface area contributed by atoms with E-state index in [0.717, 1.165) is 56.5 Å². The second-order valence-corrected chi connectivity index (χ2v) is 9.82. The zero-order valence-electron chi connectivity index (χ0n) is 20.3. The van der Waals surface area contributed by atoms with E-state index in [1.54, 1.807) is 10.6 Å². The van der Waals surface area contributed by atoms with Crippen LogP contribution < -0.4 is 15.8 Å². The largest absolute Gasteiger partial charge is 0.369 e. The normalized spacial score (nSPS) is 20.4. The van der Waals surface area contributed by atoms with E-state index in [1.165, 1.54) is 11.8 Å². The first-order chi connectivity index (χ1) is 17.0. The Morgan fingerprint density at radius 1 is 1.06 bits per heavy atom. The molecule has 1 N–H and O–H groups in total. The van der Waals surface area contributed by atoms with Crippen LogP contribution in [0.3, 0.4) is 0 Å². The molecule has 7 nitrogen and oxygen atoms in total. The number of allylic oxidation sites excluding steroid dienone is 1. The topological polar surface area (TPSA) is 70.5 Å². The molecule has 0 radical (unpaired) electrons. The summed E-state index contributed by atoms with van der Waals surface area (Å²) in [5.41, 5.74) is 2.84. The van der Waals surface area contributed by atoms with E-state index in [0.29, 0.717) is 23.9 Å². The molecule has 2 aliphatic rings. The van der Waals surface area contributed by atoms with Gasteiger partial charge < -0.3 is 15.1 Å². The number of hydrogen-bond acceptors (Lipinski definition) is 6. The smallest absolute Gasteiger partial charge is 0.252 e. The third-order valence-electron chi connectivity index (χ3n) is 7.44. The predicted octanol–water partition coefficient (Wildman–Crippen LogP) is 4.06. The molecule has 2 aromatic heterocycles. The molecule has 1 aromatic carbocycles. The van der Waals surface area contributed by atoms with E-state index in [2.05, 4.69) is 53.0 Å². The predicted molar refractivity (Wildman–Crippen MR) is 141 cm³/mol. The summed E-state index contributed by atoms with van der Waals surface area (Å²) in [7, 11) is 2.16. The molecular weight excluding hydrogens is 438 g/mol. The van der Waals surface area contributed by atoms with Crippen molar-refractivity contribution in [2.24, 2.45) is 11.8 Å². The molecule has 7 heteroatoms. The number of rotatable bonds is 8. The Morgan fingerprint density at radius 2 is 1.77 bits per heavy atom. The number of fused-ring (bicyclic) bond motifs is 1. The van der Waals surface area contributed by atoms with Gasteiger partial charge >= 0.3 is 0 Å². The lowest BCUT2D eigenvalue weighted by Crippen LogP contribution is -2.44. The molecule has 1 saturated carbocycles. The van der Waals surface area contributed by atoms with Crippen LogP contribution in [0.25, 0.3) is 11.0 Å². The van der Waals surface area contributed by atoms with Crippen molar-refractivity contribution in [3.63, 3.8) is 0 Å². The van der Waals surface area contributed by atoms with Crippen molar-refractivity contribution in [1.82, 2.24) is 14.5 Å². The number of nitrogens with one attached hydrogen (secondary N) is 1. The molecule has 0 spiro atoms. The Morgan fingerprint density at radius 3 is 2.49 bits per heavy atom. The lowest BCUT2D eigenvalue weighted by Gasteiger charge is -2.34. The summed E-state index contributed by atoms with van der Waals surface area (Å²) >= 11 is 0. The monoisotopic (exact) mass is 471 g/mol. The number of nitrogens with zero attached hydrogens (tertiary/aromatic N) is 4. The van der Waals surface area contributed by atoms with Crippen molar-refractivity contribution in [3.8, 4) is 0 Å². The zero-order chi connectivity index (χ0) is 24.4. The first-order valence-corrected chi connectivity index (χ1v) is 12.5. The van der Waals surface area contributed by atoms with Crippen LogP contribution in [0.15, 0.2) is 66.0 Å². The van der Waals surface area contributed by atoms with Gasteiger partial charge in [-0.3, -0.25) is 14.2 Å². The molecular formula is C28H33N5O2. The average Bonchev–Trinajstić information content (AvgIpc) is 2.85. The van der Waals surface area contributed by atoms with Gasteiger partial charge in [0.2, 0.25) is 0 Å². The molecule has 1 saturated heterocycles. The van der Waals surface area contributed by atoms with Crippen molar-refractivity contribution in [3.05, 3.63) is 71.5 Å². The van der Waals surface area contributed by atoms with Crippen molar-refractivity contribution < 1.29 is 4.79 Å². The van der Waals surface area contributed by atoms with Crippen molar-refractivity contribution in [2.45, 2.75) is 25.8 Å². The second kappa shape index (κ2) is 10.0. The molecule has 0 atom stereocenters. The molecule has 3 aromatic rings. The number of likely N-dealkylation sites (N-methyl/N-ethyl adjacent to an activating group) is 1. The maximum atomic E-state index is 12.7. The highest BCUT2D eigenvalue weighted by Gasteiger charge is 2.32. The molecule has 35 heavy (non-hydrogen) atoms. The fraction of sp³-hybridized carbons (Fsp3) is 0.393. The van der Waals surface area contributed by atoms with Crippen LogP contribution in [0, 0.1) is 11.8 Å². The number of aromatic nitrogens is 2. The summed E-state index contributed by atoms with van der Waals surface area (Å²) in [5.74, 6) is 1.42. The lowest BCUT2D eigenvalue weighted by atomic mass is 9.71. The standard InChI is InChI=1S/C28H33N5O2/c1-3-25(34)22-18-20(19-22)12-13-33-27(35)11-5-21-4-10-26(30-28(21)33)29-23-6-8-24(9-7-23)32-16-14-31(2)15-17-32/h3-11,20,22H,1,12-19H2,2H3,(H,29,30). The molecule has 0 amide bonds. The van der Waals surface area contributed by atoms with Crippen LogP contribution in [-0.2, 0) is 11.3 Å². The van der Waals surface area contributed by atoms with E-state index < -0.39 is 0 Å². The quantitative estimate of drug-likeness (QED) is 0.500. The molecule has 1 aliphatic carbocycles. The fourth-order valence-corrected chi connectivity index (χ4v) is 5.10. The van der Waals surface area contributed by atoms with Crippen LogP contribution in [0.2, 0.25) is 0 Å². The van der Waals surface area contributed by atoms with Gasteiger partial charge in [0.1, 0.15) is 11.5 Å². The molecule has 0 bridgehead atoms. The van der Waals surface area contributed by atoms with Gasteiger partial charge in [0.25, 0.3) is 5.56 Å². The number of piperazine rings is 1. The molecule has 182 valence electrons. The van der Waals surface area contributed by atoms with Crippen LogP contribution in [0.5, 0.6) is 0 Å². The number of hydrogen-bond donors (Lipinski definition) is 1. The summed E-state index contributed by atoms with van der Waals surface area (Å²) in [4.78, 5) is 34.0. The number of aryl methyl sites for hydroxylation is 1. The summed E-state index contributed by atoms with van der Waals surface area (Å²) in [5, 5.41) is 4.33. The van der Waals surface area contributed by atoms with E-state index in [-0.39, 0.29) is 17.3 Å². The van der Waals surface area contributed by atoms with Crippen LogP contribution in [0.4, 0.5) is 17.2 Å². The van der Waals surface area contributed by atoms with Gasteiger partial charge in [-0.05, 0) is 80.8 Å². The van der Waals surface area contributed by atoms with Gasteiger partial charge in [-0.1, -0.05) is 6.58 Å². The van der Waals surface area contributed by atoms with E-state index in [1.807, 2.05) is 18.2 Å². The Balaban J connectivity index is 1.28. The lowest BCUT2D eigenvalue weighted by molar-refractivity contribution is -0.122. The van der Waals surface area contributed by atoms with Crippen LogP contribution in [0.1, 0.15) is 19.3 Å². The van der Waals surface area contributed by atoms with E-state index in [4.69, 9.17) is 4.98 Å². The highest BCUT2D eigenvalue weighted by atomic mass is 16.1. The number of carbonyl (C=O) groups excluding carboxylic acids is 1. The van der Waals surface area contributed by atoms with Crippen molar-refractivity contribution in [2.75, 3.05) is 43.4 Å². The number of pyridine rings is 2. The Hall–Kier alpha value is -3.45. The molecule has 0 unspecified atom stereocenters. The molecule has 5 rings (SSSR count). The zero-order valence-corrected chi connectivity index (χ0v) is 20.3. The summed E-state index contributed by atoms with van der Waals surface area (Å²) in [6.07, 6.45) is 4.06. The van der Waals surface area contributed by atoms with Gasteiger partial charge in [0, 0.05) is 61.5 Å². The van der Waals surface area contributed by atoms with Gasteiger partial charge in [0.05, 0.1) is 0 Å². The number of benzene rings is 1. The first kappa shape index (κ1) is 23.3. The van der Waals surface area contributed by atoms with E-state index >= 15 is 0 Å². The highest BCUT2D eigenvalue weighted by molar-refractivity contribution is 5.91. The van der Waals surface area contributed by atoms with Gasteiger partial charge in [0.15, 0.2) is 5.78 Å². The SMILES string of the molecule is C=CC(=O)C1CC(CCn2c(=O)ccc3ccc(Nc4ccc(N5CCN(C)CC5)cc4)nc32)C1. The minimum absolute atomic E-state index is 0.0447. The first-order valence-electron chi connectivity index (χ1n) is 12.5. The summed E-state index contributed by atoms with van der Waals surface area (Å²) in [6.45, 7) is 8.43. The maximum Gasteiger partial charge on any atom is 0.252 e. The minimum atomic E-state index is -0.0447. The Labute approximate surface area is 206 Å². The maximum absolute atomic E-state index is 12.7. The van der Waals surface area contributed by atoms with Crippen LogP contribution >= 0.6 is 0 Å². The van der Waals surface area contributed by atoms with Crippen molar-refractivity contribution in [1.29, 1.82) is 0 Å². The van der Waals surface area contributed by atoms with Gasteiger partial charge in [-0.15, -0.1) is 0 Å². The molecule has 3 heterocycles. The average molecular weight is 472 g/mol. The minimum Gasteiger partial charge on any atom is -0.369 e. The van der Waals surface area contributed by atoms with Gasteiger partial charge in [-0.2, -0.15) is 0 Å². The Bertz CT molecular complexity index is 1270. The number of carbonyl (C=O) groups is 1.